The van der Waals surface area contributed by atoms with Crippen LogP contribution in [0.15, 0.2) is 28.7 Å². The minimum absolute atomic E-state index is 0.265. The molecule has 3 rings (SSSR count). The van der Waals surface area contributed by atoms with Crippen LogP contribution in [0.1, 0.15) is 36.3 Å². The number of oxazole rings is 1. The first-order valence-corrected chi connectivity index (χ1v) is 8.75. The molecule has 2 aromatic rings. The molecule has 0 spiro atoms. The Kier molecular flexibility index (Phi) is 5.55. The van der Waals surface area contributed by atoms with E-state index < -0.39 is 11.7 Å². The molecule has 146 valence electrons. The standard InChI is InChI=1S/C19H21F3N2O3/c1-12-15(11-24-10-4-3-5-16(24)18(25)26-2)23-17(27-12)13-6-8-14(9-7-13)19(20,21)22/h6-9,16H,3-5,10-11H2,1-2H3/t16-/m0/s1. The molecule has 1 atom stereocenters. The van der Waals surface area contributed by atoms with Crippen molar-refractivity contribution < 1.29 is 27.1 Å². The average molecular weight is 382 g/mol. The fraction of sp³-hybridized carbons (Fsp3) is 0.474. The van der Waals surface area contributed by atoms with E-state index in [1.807, 2.05) is 4.90 Å². The van der Waals surface area contributed by atoms with Gasteiger partial charge in [-0.3, -0.25) is 9.69 Å². The minimum atomic E-state index is -4.38. The lowest BCUT2D eigenvalue weighted by molar-refractivity contribution is -0.148. The van der Waals surface area contributed by atoms with Crippen molar-refractivity contribution >= 4 is 5.97 Å². The van der Waals surface area contributed by atoms with Crippen molar-refractivity contribution in [1.29, 1.82) is 0 Å². The molecule has 0 amide bonds. The maximum Gasteiger partial charge on any atom is 0.416 e. The zero-order chi connectivity index (χ0) is 19.6. The van der Waals surface area contributed by atoms with E-state index in [1.54, 1.807) is 6.92 Å². The van der Waals surface area contributed by atoms with Crippen molar-refractivity contribution in [2.24, 2.45) is 0 Å². The van der Waals surface area contributed by atoms with E-state index in [0.29, 0.717) is 23.6 Å². The summed E-state index contributed by atoms with van der Waals surface area (Å²) in [5.74, 6) is 0.584. The molecule has 1 aromatic carbocycles. The molecule has 0 radical (unpaired) electrons. The summed E-state index contributed by atoms with van der Waals surface area (Å²) in [6.45, 7) is 2.93. The smallest absolute Gasteiger partial charge is 0.416 e. The highest BCUT2D eigenvalue weighted by molar-refractivity contribution is 5.75. The van der Waals surface area contributed by atoms with Crippen LogP contribution in [0.5, 0.6) is 0 Å². The fourth-order valence-corrected chi connectivity index (χ4v) is 3.28. The van der Waals surface area contributed by atoms with Gasteiger partial charge in [-0.1, -0.05) is 6.42 Å². The van der Waals surface area contributed by atoms with E-state index in [-0.39, 0.29) is 17.9 Å². The molecule has 1 aliphatic heterocycles. The second-order valence-corrected chi connectivity index (χ2v) is 6.60. The van der Waals surface area contributed by atoms with Crippen molar-refractivity contribution in [2.75, 3.05) is 13.7 Å². The molecule has 0 unspecified atom stereocenters. The van der Waals surface area contributed by atoms with Gasteiger partial charge in [0, 0.05) is 12.1 Å². The Hall–Kier alpha value is -2.35. The third-order valence-electron chi connectivity index (χ3n) is 4.79. The molecule has 1 fully saturated rings. The fourth-order valence-electron chi connectivity index (χ4n) is 3.28. The van der Waals surface area contributed by atoms with Gasteiger partial charge in [0.2, 0.25) is 5.89 Å². The molecular weight excluding hydrogens is 361 g/mol. The van der Waals surface area contributed by atoms with Crippen molar-refractivity contribution in [2.45, 2.75) is 44.9 Å². The SMILES string of the molecule is COC(=O)[C@@H]1CCCCN1Cc1nc(-c2ccc(C(F)(F)F)cc2)oc1C. The number of benzene rings is 1. The van der Waals surface area contributed by atoms with Gasteiger partial charge in [-0.25, -0.2) is 4.98 Å². The maximum atomic E-state index is 12.7. The molecular formula is C19H21F3N2O3. The molecule has 1 aromatic heterocycles. The van der Waals surface area contributed by atoms with Crippen molar-refractivity contribution in [3.63, 3.8) is 0 Å². The Morgan fingerprint density at radius 1 is 1.30 bits per heavy atom. The van der Waals surface area contributed by atoms with Gasteiger partial charge in [0.05, 0.1) is 18.4 Å². The number of alkyl halides is 3. The zero-order valence-corrected chi connectivity index (χ0v) is 15.2. The largest absolute Gasteiger partial charge is 0.468 e. The predicted octanol–water partition coefficient (Wildman–Crippen LogP) is 4.20. The topological polar surface area (TPSA) is 55.6 Å². The first-order chi connectivity index (χ1) is 12.8. The van der Waals surface area contributed by atoms with Gasteiger partial charge in [0.1, 0.15) is 11.8 Å². The highest BCUT2D eigenvalue weighted by Gasteiger charge is 2.31. The number of likely N-dealkylation sites (tertiary alicyclic amines) is 1. The zero-order valence-electron chi connectivity index (χ0n) is 15.2. The van der Waals surface area contributed by atoms with Crippen LogP contribution in [-0.4, -0.2) is 35.5 Å². The van der Waals surface area contributed by atoms with Crippen molar-refractivity contribution in [3.8, 4) is 11.5 Å². The number of aryl methyl sites for hydroxylation is 1. The van der Waals surface area contributed by atoms with Crippen LogP contribution in [0.4, 0.5) is 13.2 Å². The van der Waals surface area contributed by atoms with Crippen molar-refractivity contribution in [1.82, 2.24) is 9.88 Å². The van der Waals surface area contributed by atoms with Gasteiger partial charge >= 0.3 is 12.1 Å². The highest BCUT2D eigenvalue weighted by atomic mass is 19.4. The molecule has 0 saturated carbocycles. The number of esters is 1. The number of hydrogen-bond acceptors (Lipinski definition) is 5. The quantitative estimate of drug-likeness (QED) is 0.742. The number of hydrogen-bond donors (Lipinski definition) is 0. The van der Waals surface area contributed by atoms with Crippen LogP contribution in [0.2, 0.25) is 0 Å². The van der Waals surface area contributed by atoms with Crippen LogP contribution < -0.4 is 0 Å². The summed E-state index contributed by atoms with van der Waals surface area (Å²) in [6.07, 6.45) is -1.70. The third kappa shape index (κ3) is 4.32. The van der Waals surface area contributed by atoms with E-state index in [0.717, 1.165) is 37.9 Å². The Morgan fingerprint density at radius 3 is 2.63 bits per heavy atom. The maximum absolute atomic E-state index is 12.7. The number of halogens is 3. The molecule has 0 bridgehead atoms. The number of piperidine rings is 1. The Morgan fingerprint density at radius 2 is 2.00 bits per heavy atom. The number of methoxy groups -OCH3 is 1. The predicted molar refractivity (Wildman–Crippen MR) is 91.7 cm³/mol. The van der Waals surface area contributed by atoms with Gasteiger partial charge in [-0.2, -0.15) is 13.2 Å². The lowest BCUT2D eigenvalue weighted by Crippen LogP contribution is -2.44. The van der Waals surface area contributed by atoms with E-state index in [9.17, 15) is 18.0 Å². The van der Waals surface area contributed by atoms with Gasteiger partial charge < -0.3 is 9.15 Å². The Labute approximate surface area is 155 Å². The summed E-state index contributed by atoms with van der Waals surface area (Å²) in [5.41, 5.74) is 0.421. The molecule has 5 nitrogen and oxygen atoms in total. The Balaban J connectivity index is 1.79. The molecule has 8 heteroatoms. The molecule has 2 heterocycles. The lowest BCUT2D eigenvalue weighted by atomic mass is 10.0. The summed E-state index contributed by atoms with van der Waals surface area (Å²) in [4.78, 5) is 18.4. The average Bonchev–Trinajstić information content (AvgIpc) is 3.01. The van der Waals surface area contributed by atoms with Crippen LogP contribution >= 0.6 is 0 Å². The van der Waals surface area contributed by atoms with Gasteiger partial charge in [0.25, 0.3) is 0 Å². The van der Waals surface area contributed by atoms with E-state index in [1.165, 1.54) is 19.2 Å². The third-order valence-corrected chi connectivity index (χ3v) is 4.79. The van der Waals surface area contributed by atoms with Crippen LogP contribution in [0, 0.1) is 6.92 Å². The number of nitrogens with zero attached hydrogens (tertiary/aromatic N) is 2. The minimum Gasteiger partial charge on any atom is -0.468 e. The van der Waals surface area contributed by atoms with Crippen LogP contribution in [-0.2, 0) is 22.3 Å². The summed E-state index contributed by atoms with van der Waals surface area (Å²) < 4.78 is 48.6. The first kappa shape index (κ1) is 19.4. The first-order valence-electron chi connectivity index (χ1n) is 8.75. The number of carbonyl (C=O) groups excluding carboxylic acids is 1. The number of ether oxygens (including phenoxy) is 1. The number of carbonyl (C=O) groups is 1. The van der Waals surface area contributed by atoms with Crippen LogP contribution in [0.25, 0.3) is 11.5 Å². The Bertz CT molecular complexity index is 800. The lowest BCUT2D eigenvalue weighted by Gasteiger charge is -2.33. The number of aromatic nitrogens is 1. The highest BCUT2D eigenvalue weighted by Crippen LogP contribution is 2.31. The van der Waals surface area contributed by atoms with E-state index >= 15 is 0 Å². The van der Waals surface area contributed by atoms with Gasteiger partial charge in [-0.15, -0.1) is 0 Å². The molecule has 0 aliphatic carbocycles. The molecule has 27 heavy (non-hydrogen) atoms. The van der Waals surface area contributed by atoms with Gasteiger partial charge in [0.15, 0.2) is 0 Å². The summed E-state index contributed by atoms with van der Waals surface area (Å²) >= 11 is 0. The number of rotatable bonds is 4. The summed E-state index contributed by atoms with van der Waals surface area (Å²) in [5, 5.41) is 0. The summed E-state index contributed by atoms with van der Waals surface area (Å²) in [6, 6.07) is 4.39. The molecule has 1 saturated heterocycles. The monoisotopic (exact) mass is 382 g/mol. The second-order valence-electron chi connectivity index (χ2n) is 6.60. The van der Waals surface area contributed by atoms with Crippen molar-refractivity contribution in [3.05, 3.63) is 41.3 Å². The summed E-state index contributed by atoms with van der Waals surface area (Å²) in [7, 11) is 1.37. The molecule has 1 aliphatic rings. The normalized spacial score (nSPS) is 18.5. The van der Waals surface area contributed by atoms with Gasteiger partial charge in [-0.05, 0) is 50.6 Å². The second kappa shape index (κ2) is 7.72. The van der Waals surface area contributed by atoms with Crippen LogP contribution in [0.3, 0.4) is 0 Å². The van der Waals surface area contributed by atoms with E-state index in [4.69, 9.17) is 9.15 Å². The molecule has 0 N–H and O–H groups in total. The van der Waals surface area contributed by atoms with E-state index in [2.05, 4.69) is 4.98 Å².